The van der Waals surface area contributed by atoms with Crippen LogP contribution in [0.3, 0.4) is 0 Å². The number of aldehydes is 3. The molecule has 14 aromatic rings. The van der Waals surface area contributed by atoms with Crippen LogP contribution in [-0.2, 0) is 43.9 Å². The van der Waals surface area contributed by atoms with Gasteiger partial charge in [0.1, 0.15) is 40.9 Å². The Hall–Kier alpha value is -12.7. The summed E-state index contributed by atoms with van der Waals surface area (Å²) in [6.07, 6.45) is 24.5. The van der Waals surface area contributed by atoms with Crippen molar-refractivity contribution in [3.8, 4) is 22.3 Å². The molecule has 22 nitrogen and oxygen atoms in total. The van der Waals surface area contributed by atoms with Crippen LogP contribution in [0, 0.1) is 60.8 Å². The summed E-state index contributed by atoms with van der Waals surface area (Å²) in [4.78, 5) is 66.7. The molecule has 144 heavy (non-hydrogen) atoms. The second kappa shape index (κ2) is 48.4. The smallest absolute Gasteiger partial charge is 0.481 e. The van der Waals surface area contributed by atoms with Gasteiger partial charge in [-0.25, -0.2) is 15.0 Å². The molecular formula is C117H131B3BrClN4O18. The second-order valence-electron chi connectivity index (χ2n) is 39.6. The van der Waals surface area contributed by atoms with E-state index in [4.69, 9.17) is 68.7 Å². The number of nitrogens with zero attached hydrogens (tertiary/aromatic N) is 3. The number of carboxylic acids is 2. The van der Waals surface area contributed by atoms with Crippen molar-refractivity contribution in [1.82, 2.24) is 15.0 Å². The van der Waals surface area contributed by atoms with Crippen molar-refractivity contribution in [2.45, 2.75) is 212 Å². The third kappa shape index (κ3) is 28.1. The van der Waals surface area contributed by atoms with Crippen molar-refractivity contribution in [2.24, 2.45) is 11.1 Å². The highest BCUT2D eigenvalue weighted by atomic mass is 79.9. The Kier molecular flexibility index (Phi) is 38.0. The van der Waals surface area contributed by atoms with Crippen molar-refractivity contribution in [3.63, 3.8) is 0 Å². The summed E-state index contributed by atoms with van der Waals surface area (Å²) in [5.41, 5.74) is 31.7. The number of carbonyl (C=O) groups is 5. The maximum atomic E-state index is 11.5. The van der Waals surface area contributed by atoms with Crippen molar-refractivity contribution in [3.05, 3.63) is 340 Å². The lowest BCUT2D eigenvalue weighted by Gasteiger charge is -2.32. The average molecular weight is 2030 g/mol. The number of halogens is 2. The molecule has 0 saturated carbocycles. The molecule has 0 spiro atoms. The summed E-state index contributed by atoms with van der Waals surface area (Å²) in [5.74, 6) is -2.17. The first-order valence-corrected chi connectivity index (χ1v) is 48.4. The first-order chi connectivity index (χ1) is 67.5. The van der Waals surface area contributed by atoms with Crippen LogP contribution in [0.5, 0.6) is 0 Å². The summed E-state index contributed by atoms with van der Waals surface area (Å²) < 4.78 is 53.3. The van der Waals surface area contributed by atoms with E-state index >= 15 is 0 Å². The van der Waals surface area contributed by atoms with Crippen molar-refractivity contribution >= 4 is 167 Å². The number of aliphatic hydroxyl groups excluding tert-OH is 2. The summed E-state index contributed by atoms with van der Waals surface area (Å²) in [5, 5.41) is 36.1. The zero-order chi connectivity index (χ0) is 104. The van der Waals surface area contributed by atoms with Crippen LogP contribution in [0.25, 0.3) is 104 Å². The van der Waals surface area contributed by atoms with Gasteiger partial charge >= 0.3 is 33.1 Å². The number of benzene rings is 11. The third-order valence-corrected chi connectivity index (χ3v) is 28.3. The minimum atomic E-state index is -1.49. The molecule has 0 bridgehead atoms. The van der Waals surface area contributed by atoms with E-state index in [1.54, 1.807) is 6.92 Å². The minimum Gasteiger partial charge on any atom is -0.481 e. The molecule has 0 aliphatic carbocycles. The molecule has 3 saturated heterocycles. The van der Waals surface area contributed by atoms with Crippen LogP contribution in [0.2, 0.25) is 5.02 Å². The highest BCUT2D eigenvalue weighted by molar-refractivity contribution is 9.10. The molecule has 3 aromatic heterocycles. The van der Waals surface area contributed by atoms with Gasteiger partial charge in [-0.3, -0.25) is 24.0 Å². The van der Waals surface area contributed by atoms with E-state index in [2.05, 4.69) is 196 Å². The van der Waals surface area contributed by atoms with E-state index in [0.717, 1.165) is 173 Å². The van der Waals surface area contributed by atoms with Crippen molar-refractivity contribution in [1.29, 1.82) is 0 Å². The number of carbonyl (C=O) groups excluding carboxylic acids is 3. The van der Waals surface area contributed by atoms with Gasteiger partial charge in [-0.05, 0) is 354 Å². The van der Waals surface area contributed by atoms with Gasteiger partial charge < -0.3 is 67.3 Å². The first-order valence-electron chi connectivity index (χ1n) is 47.2. The normalized spacial score (nSPS) is 15.8. The molecule has 0 radical (unpaired) electrons. The fourth-order valence-electron chi connectivity index (χ4n) is 15.3. The quantitative estimate of drug-likeness (QED) is 0.0239. The van der Waals surface area contributed by atoms with E-state index in [1.807, 2.05) is 223 Å². The van der Waals surface area contributed by atoms with E-state index in [9.17, 15) is 34.2 Å². The number of aliphatic carboxylic acids is 2. The Morgan fingerprint density at radius 2 is 0.729 bits per heavy atom. The highest BCUT2D eigenvalue weighted by Crippen LogP contribution is 2.44. The molecular weight excluding hydrogens is 1900 g/mol. The first kappa shape index (κ1) is 113. The molecule has 2 atom stereocenters. The van der Waals surface area contributed by atoms with Gasteiger partial charge in [0, 0.05) is 26.2 Å². The minimum absolute atomic E-state index is 0. The Morgan fingerprint density at radius 3 is 1.09 bits per heavy atom. The second-order valence-corrected chi connectivity index (χ2v) is 40.9. The Balaban J connectivity index is 0.000000179. The lowest BCUT2D eigenvalue weighted by Crippen LogP contribution is -2.48. The molecule has 0 amide bonds. The number of oxazole rings is 3. The van der Waals surface area contributed by atoms with Gasteiger partial charge in [-0.2, -0.15) is 0 Å². The van der Waals surface area contributed by atoms with E-state index in [0.29, 0.717) is 29.5 Å². The molecule has 11 aromatic carbocycles. The van der Waals surface area contributed by atoms with Crippen LogP contribution < -0.4 is 11.2 Å². The number of hydrogen-bond donors (Lipinski definition) is 5. The summed E-state index contributed by atoms with van der Waals surface area (Å²) in [6, 6.07) is 65.7. The maximum Gasteiger partial charge on any atom is 0.495 e. The van der Waals surface area contributed by atoms with Gasteiger partial charge in [0.15, 0.2) is 35.9 Å². The number of fused-ring (bicyclic) bond motifs is 3. The summed E-state index contributed by atoms with van der Waals surface area (Å²) in [7, 11) is -1.32. The largest absolute Gasteiger partial charge is 0.495 e. The molecule has 3 aliphatic heterocycles. The van der Waals surface area contributed by atoms with Crippen LogP contribution in [-0.4, -0.2) is 140 Å². The van der Waals surface area contributed by atoms with Gasteiger partial charge in [-0.15, -0.1) is 0 Å². The standard InChI is InChI=1S/C29H29NO4.C24H19NO2.C23H27BO3.C17H15ClO.C12H24B2O4.C7H4BrNO.C4H9NO3.CH4/c1-19-7-8-21(13-14-29(3,17-31)28(32)33)15-23(19)10-9-22-5-4-6-25(20(22)2)24-11-12-26-27(16-24)34-18-30-26;1-16-6-7-18(14-26)12-20(16)9-8-19-4-3-5-22(17(19)2)21-10-11-23-24(13-21)27-15-25-23;1-16-10-11-18(15-25)14-20(16)13-12-19-8-7-9-21(17(19)2)24-26-22(3,4)23(5,6)27-24;1-12-6-7-14(11-19)10-16(12)9-8-15-4-3-5-17(18)13(15)2;1-9(2)10(3,4)16-13(15-9)14-17-11(5,6)12(7,8)18-14;8-5-1-2-6-7(3-5)10-4-9-6;1-4(5,2-6)3(7)8;/h4-12,15-16,18,31H,13-14,17H2,1-3H3,(H,32,33);3-15H,1-2H3;7-15H,1-6H3;3-11H,1-2H3;1-8H3;1-4H;6H,2,5H2,1H3,(H,7,8);1H4/b10-9+;9-8+;13-12+;9-8+;;;;/t29-;;;;;;4-;/m0.....0./s1. The SMILES string of the molecule is Brc1ccc2ncoc2c1.C.CC1(C)OB(B2OC(C)(C)C(C)(C)O2)OC1(C)C.C[C@](N)(CO)C(=O)O.Cc1ccc(C=O)cc1/C=C/c1cccc(-c2ccc3ncoc3c2)c1C.Cc1ccc(C=O)cc1/C=C/c1cccc(B2OC(C)(C)C(C)(C)O2)c1C.Cc1ccc(C=O)cc1/C=C/c1cccc(Cl)c1C.Cc1ccc(CC[C@@](C)(CO)C(=O)O)cc1/C=C/c1cccc(-c2ccc3ncoc3c2)c1C. The van der Waals surface area contributed by atoms with Crippen LogP contribution in [0.15, 0.2) is 237 Å². The Bertz CT molecular complexity index is 6960. The molecule has 27 heteroatoms. The topological polar surface area (TPSA) is 326 Å². The molecule has 6 N–H and O–H groups in total. The molecule has 3 aliphatic rings. The number of carboxylic acid groups (broad SMARTS) is 2. The molecule has 3 fully saturated rings. The Morgan fingerprint density at radius 1 is 0.396 bits per heavy atom. The van der Waals surface area contributed by atoms with Crippen molar-refractivity contribution in [2.75, 3.05) is 13.2 Å². The number of aryl methyl sites for hydroxylation is 5. The number of aliphatic hydroxyl groups is 2. The summed E-state index contributed by atoms with van der Waals surface area (Å²) >= 11 is 9.42. The lowest BCUT2D eigenvalue weighted by molar-refractivity contribution is -0.150. The van der Waals surface area contributed by atoms with Crippen molar-refractivity contribution < 1.29 is 85.6 Å². The van der Waals surface area contributed by atoms with Gasteiger partial charge in [0.2, 0.25) is 0 Å². The molecule has 6 heterocycles. The van der Waals surface area contributed by atoms with Crippen LogP contribution in [0.1, 0.15) is 236 Å². The predicted molar refractivity (Wildman–Crippen MR) is 587 cm³/mol. The van der Waals surface area contributed by atoms with Gasteiger partial charge in [-0.1, -0.05) is 217 Å². The zero-order valence-corrected chi connectivity index (χ0v) is 87.7. The van der Waals surface area contributed by atoms with E-state index in [1.165, 1.54) is 37.2 Å². The van der Waals surface area contributed by atoms with Gasteiger partial charge in [0.05, 0.1) is 52.2 Å². The zero-order valence-electron chi connectivity index (χ0n) is 85.4. The number of rotatable bonds is 22. The predicted octanol–water partition coefficient (Wildman–Crippen LogP) is 26.2. The average Bonchev–Trinajstić information content (AvgIpc) is 1.54. The molecule has 0 unspecified atom stereocenters. The number of nitrogens with two attached hydrogens (primary N) is 1. The van der Waals surface area contributed by atoms with E-state index < -0.39 is 43.5 Å². The molecule has 750 valence electrons. The fraction of sp³-hybridized carbons (Fsp3) is 0.299. The van der Waals surface area contributed by atoms with Crippen LogP contribution >= 0.6 is 27.5 Å². The lowest BCUT2D eigenvalue weighted by atomic mass is 9.49. The van der Waals surface area contributed by atoms with E-state index in [-0.39, 0.29) is 54.8 Å². The monoisotopic (exact) mass is 2030 g/mol. The number of aromatic nitrogens is 3. The maximum absolute atomic E-state index is 11.5. The van der Waals surface area contributed by atoms with Gasteiger partial charge in [0.25, 0.3) is 0 Å². The molecule has 17 rings (SSSR count). The fourth-order valence-corrected chi connectivity index (χ4v) is 15.8. The summed E-state index contributed by atoms with van der Waals surface area (Å²) in [6.45, 7) is 42.9. The van der Waals surface area contributed by atoms with Crippen LogP contribution in [0.4, 0.5) is 0 Å². The Labute approximate surface area is 860 Å². The third-order valence-electron chi connectivity index (χ3n) is 27.4. The number of hydrogen-bond acceptors (Lipinski definition) is 20. The highest BCUT2D eigenvalue weighted by Gasteiger charge is 2.64.